The van der Waals surface area contributed by atoms with Crippen molar-refractivity contribution in [1.29, 1.82) is 0 Å². The van der Waals surface area contributed by atoms with Crippen LogP contribution in [0, 0.1) is 5.82 Å². The Bertz CT molecular complexity index is 721. The first-order chi connectivity index (χ1) is 9.26. The monoisotopic (exact) mass is 272 g/mol. The summed E-state index contributed by atoms with van der Waals surface area (Å²) in [5.41, 5.74) is 8.52. The minimum absolute atomic E-state index is 0.236. The Balaban J connectivity index is 2.06. The maximum absolute atomic E-state index is 13.2. The quantitative estimate of drug-likeness (QED) is 0.791. The van der Waals surface area contributed by atoms with E-state index < -0.39 is 0 Å². The van der Waals surface area contributed by atoms with Crippen LogP contribution in [0.3, 0.4) is 0 Å². The number of nitrogens with zero attached hydrogens (tertiary/aromatic N) is 1. The second-order valence-corrected chi connectivity index (χ2v) is 5.40. The molecule has 2 N–H and O–H groups in total. The number of halogens is 1. The number of rotatable bonds is 3. The summed E-state index contributed by atoms with van der Waals surface area (Å²) in [5.74, 6) is -0.236. The molecular formula is C15H13FN2S. The highest BCUT2D eigenvalue weighted by Gasteiger charge is 2.07. The molecule has 0 saturated carbocycles. The molecule has 0 aliphatic carbocycles. The van der Waals surface area contributed by atoms with E-state index in [1.807, 2.05) is 6.07 Å². The molecule has 2 aromatic carbocycles. The molecule has 1 aromatic heterocycles. The lowest BCUT2D eigenvalue weighted by molar-refractivity contribution is 0.628. The Morgan fingerprint density at radius 1 is 1.16 bits per heavy atom. The molecule has 19 heavy (non-hydrogen) atoms. The highest BCUT2D eigenvalue weighted by atomic mass is 32.1. The Labute approximate surface area is 114 Å². The number of fused-ring (bicyclic) bond motifs is 1. The van der Waals surface area contributed by atoms with Crippen molar-refractivity contribution in [3.8, 4) is 10.6 Å². The van der Waals surface area contributed by atoms with Crippen molar-refractivity contribution in [3.63, 3.8) is 0 Å². The molecule has 0 saturated heterocycles. The largest absolute Gasteiger partial charge is 0.330 e. The van der Waals surface area contributed by atoms with E-state index in [-0.39, 0.29) is 5.82 Å². The molecule has 3 rings (SSSR count). The zero-order chi connectivity index (χ0) is 13.2. The Morgan fingerprint density at radius 2 is 2.05 bits per heavy atom. The van der Waals surface area contributed by atoms with Crippen LogP contribution < -0.4 is 5.73 Å². The predicted molar refractivity (Wildman–Crippen MR) is 77.8 cm³/mol. The van der Waals surface area contributed by atoms with Crippen molar-refractivity contribution >= 4 is 21.6 Å². The van der Waals surface area contributed by atoms with Gasteiger partial charge in [0.15, 0.2) is 0 Å². The van der Waals surface area contributed by atoms with Gasteiger partial charge in [-0.2, -0.15) is 0 Å². The van der Waals surface area contributed by atoms with Crippen LogP contribution in [-0.4, -0.2) is 11.5 Å². The van der Waals surface area contributed by atoms with Gasteiger partial charge in [-0.05, 0) is 42.8 Å². The fourth-order valence-electron chi connectivity index (χ4n) is 2.04. The van der Waals surface area contributed by atoms with Gasteiger partial charge in [-0.3, -0.25) is 0 Å². The number of benzene rings is 2. The normalized spacial score (nSPS) is 11.1. The molecule has 0 fully saturated rings. The maximum Gasteiger partial charge on any atom is 0.124 e. The van der Waals surface area contributed by atoms with Gasteiger partial charge in [0.1, 0.15) is 10.8 Å². The molecule has 4 heteroatoms. The first-order valence-electron chi connectivity index (χ1n) is 6.12. The predicted octanol–water partition coefficient (Wildman–Crippen LogP) is 3.60. The van der Waals surface area contributed by atoms with Gasteiger partial charge in [0.25, 0.3) is 0 Å². The molecule has 0 aliphatic heterocycles. The zero-order valence-electron chi connectivity index (χ0n) is 10.3. The van der Waals surface area contributed by atoms with Crippen LogP contribution in [0.4, 0.5) is 4.39 Å². The van der Waals surface area contributed by atoms with Gasteiger partial charge in [0.2, 0.25) is 0 Å². The molecular weight excluding hydrogens is 259 g/mol. The van der Waals surface area contributed by atoms with Crippen molar-refractivity contribution in [1.82, 2.24) is 4.98 Å². The van der Waals surface area contributed by atoms with Gasteiger partial charge in [0, 0.05) is 5.56 Å². The minimum Gasteiger partial charge on any atom is -0.330 e. The van der Waals surface area contributed by atoms with Crippen molar-refractivity contribution < 1.29 is 4.39 Å². The van der Waals surface area contributed by atoms with Gasteiger partial charge in [-0.1, -0.05) is 18.2 Å². The number of aromatic nitrogens is 1. The summed E-state index contributed by atoms with van der Waals surface area (Å²) in [7, 11) is 0. The van der Waals surface area contributed by atoms with E-state index in [2.05, 4.69) is 23.2 Å². The molecule has 1 heterocycles. The fourth-order valence-corrected chi connectivity index (χ4v) is 2.98. The van der Waals surface area contributed by atoms with Crippen LogP contribution >= 0.6 is 11.3 Å². The Hall–Kier alpha value is -1.78. The summed E-state index contributed by atoms with van der Waals surface area (Å²) >= 11 is 1.58. The van der Waals surface area contributed by atoms with Crippen molar-refractivity contribution in [2.75, 3.05) is 6.54 Å². The van der Waals surface area contributed by atoms with Crippen LogP contribution in [0.15, 0.2) is 42.5 Å². The lowest BCUT2D eigenvalue weighted by Crippen LogP contribution is -2.02. The Kier molecular flexibility index (Phi) is 3.27. The Morgan fingerprint density at radius 3 is 2.84 bits per heavy atom. The molecule has 96 valence electrons. The molecule has 0 aliphatic rings. The van der Waals surface area contributed by atoms with E-state index in [0.717, 1.165) is 27.2 Å². The highest BCUT2D eigenvalue weighted by molar-refractivity contribution is 7.21. The van der Waals surface area contributed by atoms with Gasteiger partial charge < -0.3 is 5.73 Å². The first kappa shape index (κ1) is 12.3. The number of hydrogen-bond donors (Lipinski definition) is 1. The van der Waals surface area contributed by atoms with Gasteiger partial charge in [-0.15, -0.1) is 11.3 Å². The third-order valence-electron chi connectivity index (χ3n) is 2.96. The van der Waals surface area contributed by atoms with E-state index >= 15 is 0 Å². The van der Waals surface area contributed by atoms with Crippen molar-refractivity contribution in [2.24, 2.45) is 5.73 Å². The molecule has 0 unspecified atom stereocenters. The second kappa shape index (κ2) is 5.07. The lowest BCUT2D eigenvalue weighted by Gasteiger charge is -1.96. The molecule has 0 spiro atoms. The van der Waals surface area contributed by atoms with Crippen LogP contribution in [-0.2, 0) is 6.42 Å². The van der Waals surface area contributed by atoms with Crippen molar-refractivity contribution in [3.05, 3.63) is 53.8 Å². The molecule has 0 bridgehead atoms. The molecule has 2 nitrogen and oxygen atoms in total. The smallest absolute Gasteiger partial charge is 0.124 e. The van der Waals surface area contributed by atoms with Gasteiger partial charge >= 0.3 is 0 Å². The fraction of sp³-hybridized carbons (Fsp3) is 0.133. The average Bonchev–Trinajstić information content (AvgIpc) is 2.82. The van der Waals surface area contributed by atoms with E-state index in [9.17, 15) is 4.39 Å². The molecule has 0 radical (unpaired) electrons. The summed E-state index contributed by atoms with van der Waals surface area (Å²) in [6.45, 7) is 0.631. The van der Waals surface area contributed by atoms with E-state index in [4.69, 9.17) is 5.73 Å². The van der Waals surface area contributed by atoms with E-state index in [1.165, 1.54) is 17.7 Å². The zero-order valence-corrected chi connectivity index (χ0v) is 11.1. The summed E-state index contributed by atoms with van der Waals surface area (Å²) in [5, 5.41) is 0.847. The lowest BCUT2D eigenvalue weighted by atomic mass is 10.1. The molecule has 3 aromatic rings. The van der Waals surface area contributed by atoms with Gasteiger partial charge in [0.05, 0.1) is 10.2 Å². The summed E-state index contributed by atoms with van der Waals surface area (Å²) in [4.78, 5) is 4.58. The van der Waals surface area contributed by atoms with Crippen molar-refractivity contribution in [2.45, 2.75) is 6.42 Å². The number of nitrogens with two attached hydrogens (primary N) is 1. The molecule has 0 amide bonds. The van der Waals surface area contributed by atoms with E-state index in [1.54, 1.807) is 17.4 Å². The topological polar surface area (TPSA) is 38.9 Å². The van der Waals surface area contributed by atoms with Crippen LogP contribution in [0.25, 0.3) is 20.8 Å². The van der Waals surface area contributed by atoms with Crippen LogP contribution in [0.2, 0.25) is 0 Å². The first-order valence-corrected chi connectivity index (χ1v) is 6.93. The third-order valence-corrected chi connectivity index (χ3v) is 4.04. The summed E-state index contributed by atoms with van der Waals surface area (Å²) in [6, 6.07) is 12.7. The maximum atomic E-state index is 13.2. The van der Waals surface area contributed by atoms with Crippen LogP contribution in [0.1, 0.15) is 5.56 Å². The number of thiazole rings is 1. The highest BCUT2D eigenvalue weighted by Crippen LogP contribution is 2.30. The average molecular weight is 272 g/mol. The SMILES string of the molecule is NCCc1ccc2sc(-c3cccc(F)c3)nc2c1. The van der Waals surface area contributed by atoms with E-state index in [0.29, 0.717) is 6.54 Å². The van der Waals surface area contributed by atoms with Gasteiger partial charge in [-0.25, -0.2) is 9.37 Å². The van der Waals surface area contributed by atoms with Crippen LogP contribution in [0.5, 0.6) is 0 Å². The number of hydrogen-bond acceptors (Lipinski definition) is 3. The third kappa shape index (κ3) is 2.50. The molecule has 0 atom stereocenters. The standard InChI is InChI=1S/C15H13FN2S/c16-12-3-1-2-11(9-12)15-18-13-8-10(6-7-17)4-5-14(13)19-15/h1-5,8-9H,6-7,17H2. The minimum atomic E-state index is -0.236. The second-order valence-electron chi connectivity index (χ2n) is 4.37. The summed E-state index contributed by atoms with van der Waals surface area (Å²) in [6.07, 6.45) is 0.850. The summed E-state index contributed by atoms with van der Waals surface area (Å²) < 4.78 is 14.3.